The summed E-state index contributed by atoms with van der Waals surface area (Å²) in [6.07, 6.45) is 7.45. The first-order valence-electron chi connectivity index (χ1n) is 8.10. The maximum absolute atomic E-state index is 12.5. The molecule has 0 spiro atoms. The van der Waals surface area contributed by atoms with Gasteiger partial charge in [0.25, 0.3) is 0 Å². The second-order valence-corrected chi connectivity index (χ2v) is 6.60. The summed E-state index contributed by atoms with van der Waals surface area (Å²) in [5, 5.41) is 0. The minimum absolute atomic E-state index is 0.299. The van der Waals surface area contributed by atoms with Gasteiger partial charge < -0.3 is 0 Å². The summed E-state index contributed by atoms with van der Waals surface area (Å²) >= 11 is 0. The van der Waals surface area contributed by atoms with Gasteiger partial charge in [0, 0.05) is 12.1 Å². The van der Waals surface area contributed by atoms with Crippen molar-refractivity contribution in [1.29, 1.82) is 0 Å². The fourth-order valence-corrected chi connectivity index (χ4v) is 3.63. The molecule has 0 N–H and O–H groups in total. The van der Waals surface area contributed by atoms with E-state index in [4.69, 9.17) is 0 Å². The number of benzene rings is 1. The van der Waals surface area contributed by atoms with Crippen molar-refractivity contribution in [2.75, 3.05) is 19.6 Å². The summed E-state index contributed by atoms with van der Waals surface area (Å²) in [7, 11) is 0. The zero-order valence-corrected chi connectivity index (χ0v) is 12.5. The van der Waals surface area contributed by atoms with Crippen molar-refractivity contribution in [3.63, 3.8) is 0 Å². The van der Waals surface area contributed by atoms with Gasteiger partial charge in [-0.3, -0.25) is 9.69 Å². The number of likely N-dealkylation sites (tertiary alicyclic amines) is 1. The number of hydrogen-bond acceptors (Lipinski definition) is 2. The lowest BCUT2D eigenvalue weighted by Gasteiger charge is -2.30. The minimum Gasteiger partial charge on any atom is -0.296 e. The third kappa shape index (κ3) is 3.12. The molecule has 0 radical (unpaired) electrons. The van der Waals surface area contributed by atoms with Crippen LogP contribution in [0, 0.1) is 5.92 Å². The number of rotatable bonds is 3. The summed E-state index contributed by atoms with van der Waals surface area (Å²) in [5.74, 6) is 1.03. The van der Waals surface area contributed by atoms with Crippen LogP contribution >= 0.6 is 0 Å². The number of fused-ring (bicyclic) bond motifs is 1. The molecule has 0 bridgehead atoms. The molecule has 1 aromatic carbocycles. The number of carbonyl (C=O) groups is 1. The highest BCUT2D eigenvalue weighted by atomic mass is 16.1. The van der Waals surface area contributed by atoms with Crippen LogP contribution in [0.2, 0.25) is 0 Å². The summed E-state index contributed by atoms with van der Waals surface area (Å²) < 4.78 is 0. The van der Waals surface area contributed by atoms with E-state index in [9.17, 15) is 4.79 Å². The Morgan fingerprint density at radius 2 is 2.00 bits per heavy atom. The van der Waals surface area contributed by atoms with Gasteiger partial charge >= 0.3 is 0 Å². The average molecular weight is 271 g/mol. The number of carbonyl (C=O) groups excluding carboxylic acids is 1. The van der Waals surface area contributed by atoms with Crippen LogP contribution in [0.4, 0.5) is 0 Å². The van der Waals surface area contributed by atoms with Crippen LogP contribution in [0.5, 0.6) is 0 Å². The molecule has 0 amide bonds. The zero-order chi connectivity index (χ0) is 13.9. The number of Topliss-reactive ketones (excluding diaryl/α,β-unsaturated/α-hetero) is 1. The fourth-order valence-electron chi connectivity index (χ4n) is 3.63. The number of piperidine rings is 1. The van der Waals surface area contributed by atoms with Crippen molar-refractivity contribution in [2.24, 2.45) is 5.92 Å². The van der Waals surface area contributed by atoms with Gasteiger partial charge in [0.2, 0.25) is 0 Å². The second-order valence-electron chi connectivity index (χ2n) is 6.60. The van der Waals surface area contributed by atoms with Gasteiger partial charge in [0.15, 0.2) is 5.78 Å². The third-order valence-corrected chi connectivity index (χ3v) is 4.78. The van der Waals surface area contributed by atoms with Crippen LogP contribution in [-0.2, 0) is 12.8 Å². The Balaban J connectivity index is 1.67. The van der Waals surface area contributed by atoms with Crippen molar-refractivity contribution in [3.8, 4) is 0 Å². The smallest absolute Gasteiger partial charge is 0.176 e. The summed E-state index contributed by atoms with van der Waals surface area (Å²) in [4.78, 5) is 14.8. The van der Waals surface area contributed by atoms with Crippen LogP contribution in [0.15, 0.2) is 18.2 Å². The van der Waals surface area contributed by atoms with E-state index in [1.165, 1.54) is 43.2 Å². The highest BCUT2D eigenvalue weighted by Crippen LogP contribution is 2.23. The molecule has 1 aromatic rings. The maximum atomic E-state index is 12.5. The van der Waals surface area contributed by atoms with Crippen LogP contribution in [0.25, 0.3) is 0 Å². The molecule has 1 saturated heterocycles. The first kappa shape index (κ1) is 13.8. The Labute approximate surface area is 122 Å². The first-order valence-corrected chi connectivity index (χ1v) is 8.10. The molecule has 1 heterocycles. The highest BCUT2D eigenvalue weighted by Gasteiger charge is 2.20. The lowest BCUT2D eigenvalue weighted by atomic mass is 9.89. The Morgan fingerprint density at radius 3 is 2.80 bits per heavy atom. The van der Waals surface area contributed by atoms with Crippen molar-refractivity contribution in [3.05, 3.63) is 34.9 Å². The van der Waals surface area contributed by atoms with E-state index in [0.717, 1.165) is 31.0 Å². The molecule has 1 atom stereocenters. The van der Waals surface area contributed by atoms with Gasteiger partial charge in [0.05, 0.1) is 6.54 Å². The van der Waals surface area contributed by atoms with Crippen LogP contribution in [-0.4, -0.2) is 30.3 Å². The predicted molar refractivity (Wildman–Crippen MR) is 82.3 cm³/mol. The number of hydrogen-bond donors (Lipinski definition) is 0. The molecule has 0 saturated carbocycles. The van der Waals surface area contributed by atoms with Crippen molar-refractivity contribution in [2.45, 2.75) is 45.4 Å². The third-order valence-electron chi connectivity index (χ3n) is 4.78. The highest BCUT2D eigenvalue weighted by molar-refractivity contribution is 5.97. The van der Waals surface area contributed by atoms with E-state index in [-0.39, 0.29) is 0 Å². The summed E-state index contributed by atoms with van der Waals surface area (Å²) in [6, 6.07) is 6.38. The standard InChI is InChI=1S/C18H25NO/c1-14-5-4-10-19(12-14)13-18(20)17-9-8-15-6-2-3-7-16(15)11-17/h8-9,11,14H,2-7,10,12-13H2,1H3. The summed E-state index contributed by atoms with van der Waals surface area (Å²) in [6.45, 7) is 5.05. The lowest BCUT2D eigenvalue weighted by molar-refractivity contribution is 0.0893. The van der Waals surface area contributed by atoms with Gasteiger partial charge in [-0.1, -0.05) is 19.1 Å². The van der Waals surface area contributed by atoms with Crippen molar-refractivity contribution < 1.29 is 4.79 Å². The molecule has 2 heteroatoms. The van der Waals surface area contributed by atoms with E-state index in [2.05, 4.69) is 24.0 Å². The molecule has 20 heavy (non-hydrogen) atoms. The lowest BCUT2D eigenvalue weighted by Crippen LogP contribution is -2.38. The minimum atomic E-state index is 0.299. The molecular formula is C18H25NO. The van der Waals surface area contributed by atoms with Gasteiger partial charge in [-0.15, -0.1) is 0 Å². The summed E-state index contributed by atoms with van der Waals surface area (Å²) in [5.41, 5.74) is 3.79. The Hall–Kier alpha value is -1.15. The molecule has 1 unspecified atom stereocenters. The van der Waals surface area contributed by atoms with E-state index < -0.39 is 0 Å². The molecule has 2 aliphatic rings. The molecular weight excluding hydrogens is 246 g/mol. The normalized spacial score (nSPS) is 23.4. The molecule has 1 aliphatic heterocycles. The topological polar surface area (TPSA) is 20.3 Å². The first-order chi connectivity index (χ1) is 9.72. The van der Waals surface area contributed by atoms with Gasteiger partial charge in [-0.05, 0) is 68.2 Å². The van der Waals surface area contributed by atoms with E-state index in [1.54, 1.807) is 0 Å². The fraction of sp³-hybridized carbons (Fsp3) is 0.611. The molecule has 1 aliphatic carbocycles. The molecule has 108 valence electrons. The van der Waals surface area contributed by atoms with Gasteiger partial charge in [0.1, 0.15) is 0 Å². The van der Waals surface area contributed by atoms with E-state index in [1.807, 2.05) is 6.07 Å². The van der Waals surface area contributed by atoms with Gasteiger partial charge in [-0.25, -0.2) is 0 Å². The van der Waals surface area contributed by atoms with E-state index in [0.29, 0.717) is 12.3 Å². The molecule has 2 nitrogen and oxygen atoms in total. The zero-order valence-electron chi connectivity index (χ0n) is 12.5. The SMILES string of the molecule is CC1CCCN(CC(=O)c2ccc3c(c2)CCCC3)C1. The van der Waals surface area contributed by atoms with Crippen LogP contribution in [0.1, 0.15) is 54.1 Å². The number of aryl methyl sites for hydroxylation is 2. The Bertz CT molecular complexity index is 494. The molecule has 1 fully saturated rings. The predicted octanol–water partition coefficient (Wildman–Crippen LogP) is 3.48. The Morgan fingerprint density at radius 1 is 1.20 bits per heavy atom. The number of nitrogens with zero attached hydrogens (tertiary/aromatic N) is 1. The Kier molecular flexibility index (Phi) is 4.21. The monoisotopic (exact) mass is 271 g/mol. The molecule has 3 rings (SSSR count). The maximum Gasteiger partial charge on any atom is 0.176 e. The van der Waals surface area contributed by atoms with Crippen molar-refractivity contribution in [1.82, 2.24) is 4.90 Å². The second kappa shape index (κ2) is 6.09. The molecule has 0 aromatic heterocycles. The van der Waals surface area contributed by atoms with Crippen LogP contribution < -0.4 is 0 Å². The van der Waals surface area contributed by atoms with Gasteiger partial charge in [-0.2, -0.15) is 0 Å². The number of ketones is 1. The van der Waals surface area contributed by atoms with E-state index >= 15 is 0 Å². The average Bonchev–Trinajstić information content (AvgIpc) is 2.47. The van der Waals surface area contributed by atoms with Crippen molar-refractivity contribution >= 4 is 5.78 Å². The largest absolute Gasteiger partial charge is 0.296 e. The van der Waals surface area contributed by atoms with Crippen LogP contribution in [0.3, 0.4) is 0 Å². The quantitative estimate of drug-likeness (QED) is 0.784.